The van der Waals surface area contributed by atoms with Gasteiger partial charge in [0.2, 0.25) is 0 Å². The van der Waals surface area contributed by atoms with Crippen LogP contribution in [0.4, 0.5) is 17.1 Å². The molecule has 1 N–H and O–H groups in total. The van der Waals surface area contributed by atoms with Crippen molar-refractivity contribution in [1.82, 2.24) is 0 Å². The van der Waals surface area contributed by atoms with Gasteiger partial charge < -0.3 is 4.42 Å². The van der Waals surface area contributed by atoms with Gasteiger partial charge in [-0.05, 0) is 25.1 Å². The molecule has 0 saturated heterocycles. The first-order valence-electron chi connectivity index (χ1n) is 5.75. The van der Waals surface area contributed by atoms with Crippen LogP contribution in [0.25, 0.3) is 0 Å². The Morgan fingerprint density at radius 2 is 1.95 bits per heavy atom. The molecule has 108 valence electrons. The molecule has 0 spiro atoms. The van der Waals surface area contributed by atoms with Gasteiger partial charge in [0.15, 0.2) is 0 Å². The molecule has 1 heterocycles. The van der Waals surface area contributed by atoms with Crippen LogP contribution < -0.4 is 5.43 Å². The maximum Gasteiger partial charge on any atom is 0.301 e. The molecule has 0 aliphatic rings. The van der Waals surface area contributed by atoms with Crippen LogP contribution in [0.3, 0.4) is 0 Å². The second-order valence-electron chi connectivity index (χ2n) is 4.06. The van der Waals surface area contributed by atoms with Gasteiger partial charge in [-0.15, -0.1) is 0 Å². The molecule has 9 heteroatoms. The van der Waals surface area contributed by atoms with Gasteiger partial charge in [-0.2, -0.15) is 5.10 Å². The van der Waals surface area contributed by atoms with Crippen LogP contribution >= 0.6 is 0 Å². The first kappa shape index (κ1) is 14.2. The van der Waals surface area contributed by atoms with Crippen molar-refractivity contribution < 1.29 is 14.3 Å². The zero-order valence-corrected chi connectivity index (χ0v) is 10.8. The molecule has 2 rings (SSSR count). The normalized spacial score (nSPS) is 10.7. The van der Waals surface area contributed by atoms with E-state index in [1.165, 1.54) is 25.5 Å². The number of rotatable bonds is 5. The van der Waals surface area contributed by atoms with Crippen LogP contribution in [0, 0.1) is 27.2 Å². The molecule has 0 aliphatic heterocycles. The first-order valence-corrected chi connectivity index (χ1v) is 5.75. The summed E-state index contributed by atoms with van der Waals surface area (Å²) in [6, 6.07) is 5.52. The van der Waals surface area contributed by atoms with Crippen molar-refractivity contribution in [3.05, 3.63) is 62.1 Å². The first-order chi connectivity index (χ1) is 9.99. The number of anilines is 1. The highest BCUT2D eigenvalue weighted by molar-refractivity contribution is 5.77. The molecule has 0 saturated carbocycles. The van der Waals surface area contributed by atoms with Crippen molar-refractivity contribution in [2.45, 2.75) is 6.92 Å². The molecule has 1 aromatic carbocycles. The Bertz CT molecular complexity index is 709. The van der Waals surface area contributed by atoms with Gasteiger partial charge in [0.05, 0.1) is 28.4 Å². The minimum absolute atomic E-state index is 0.0610. The minimum atomic E-state index is -0.711. The van der Waals surface area contributed by atoms with Crippen molar-refractivity contribution in [3.8, 4) is 0 Å². The lowest BCUT2D eigenvalue weighted by Crippen LogP contribution is -2.00. The molecule has 0 aliphatic carbocycles. The number of nitrogens with zero attached hydrogens (tertiary/aromatic N) is 3. The monoisotopic (exact) mass is 290 g/mol. The fourth-order valence-corrected chi connectivity index (χ4v) is 1.65. The zero-order valence-electron chi connectivity index (χ0n) is 10.8. The van der Waals surface area contributed by atoms with Gasteiger partial charge in [-0.3, -0.25) is 25.7 Å². The highest BCUT2D eigenvalue weighted by Gasteiger charge is 2.22. The highest BCUT2D eigenvalue weighted by Crippen LogP contribution is 2.32. The van der Waals surface area contributed by atoms with E-state index in [4.69, 9.17) is 4.42 Å². The summed E-state index contributed by atoms with van der Waals surface area (Å²) in [6.45, 7) is 1.49. The van der Waals surface area contributed by atoms with Gasteiger partial charge in [-0.1, -0.05) is 0 Å². The SMILES string of the molecule is Cc1cc(N/N=C\c2ccco2)c([N+](=O)[O-])cc1[N+](=O)[O-]. The van der Waals surface area contributed by atoms with Gasteiger partial charge in [0.1, 0.15) is 11.4 Å². The lowest BCUT2D eigenvalue weighted by Gasteiger charge is -2.04. The van der Waals surface area contributed by atoms with Crippen LogP contribution in [0.5, 0.6) is 0 Å². The van der Waals surface area contributed by atoms with Crippen LogP contribution in [0.1, 0.15) is 11.3 Å². The summed E-state index contributed by atoms with van der Waals surface area (Å²) in [5.74, 6) is 0.462. The van der Waals surface area contributed by atoms with Crippen molar-refractivity contribution >= 4 is 23.3 Å². The summed E-state index contributed by atoms with van der Waals surface area (Å²) in [7, 11) is 0. The van der Waals surface area contributed by atoms with E-state index in [1.807, 2.05) is 0 Å². The highest BCUT2D eigenvalue weighted by atomic mass is 16.6. The number of hydrogen-bond donors (Lipinski definition) is 1. The number of aryl methyl sites for hydroxylation is 1. The molecule has 21 heavy (non-hydrogen) atoms. The Balaban J connectivity index is 2.32. The lowest BCUT2D eigenvalue weighted by molar-refractivity contribution is -0.394. The summed E-state index contributed by atoms with van der Waals surface area (Å²) >= 11 is 0. The Kier molecular flexibility index (Phi) is 3.93. The molecule has 0 fully saturated rings. The molecule has 0 radical (unpaired) electrons. The Labute approximate surface area is 118 Å². The quantitative estimate of drug-likeness (QED) is 0.513. The topological polar surface area (TPSA) is 124 Å². The summed E-state index contributed by atoms with van der Waals surface area (Å²) in [6.07, 6.45) is 2.79. The second-order valence-corrected chi connectivity index (χ2v) is 4.06. The molecule has 0 bridgehead atoms. The summed E-state index contributed by atoms with van der Waals surface area (Å²) in [4.78, 5) is 20.4. The van der Waals surface area contributed by atoms with Crippen molar-refractivity contribution in [1.29, 1.82) is 0 Å². The average Bonchev–Trinajstić information content (AvgIpc) is 2.91. The van der Waals surface area contributed by atoms with Gasteiger partial charge in [0, 0.05) is 5.56 Å². The molecule has 0 atom stereocenters. The van der Waals surface area contributed by atoms with E-state index < -0.39 is 15.5 Å². The van der Waals surface area contributed by atoms with Crippen molar-refractivity contribution in [2.75, 3.05) is 5.43 Å². The van der Waals surface area contributed by atoms with Gasteiger partial charge >= 0.3 is 5.69 Å². The molecular weight excluding hydrogens is 280 g/mol. The van der Waals surface area contributed by atoms with Crippen LogP contribution in [-0.4, -0.2) is 16.1 Å². The largest absolute Gasteiger partial charge is 0.463 e. The van der Waals surface area contributed by atoms with E-state index in [1.54, 1.807) is 12.1 Å². The molecule has 1 aromatic heterocycles. The second kappa shape index (κ2) is 5.82. The van der Waals surface area contributed by atoms with E-state index in [0.717, 1.165) is 6.07 Å². The Hall–Kier alpha value is -3.23. The minimum Gasteiger partial charge on any atom is -0.463 e. The van der Waals surface area contributed by atoms with Crippen LogP contribution in [-0.2, 0) is 0 Å². The lowest BCUT2D eigenvalue weighted by atomic mass is 10.1. The number of nitro benzene ring substituents is 2. The Morgan fingerprint density at radius 3 is 2.52 bits per heavy atom. The predicted molar refractivity (Wildman–Crippen MR) is 74.4 cm³/mol. The van der Waals surface area contributed by atoms with Crippen molar-refractivity contribution in [2.24, 2.45) is 5.10 Å². The maximum absolute atomic E-state index is 11.0. The van der Waals surface area contributed by atoms with Gasteiger partial charge in [-0.25, -0.2) is 0 Å². The predicted octanol–water partition coefficient (Wildman–Crippen LogP) is 2.85. The molecule has 2 aromatic rings. The molecule has 0 unspecified atom stereocenters. The summed E-state index contributed by atoms with van der Waals surface area (Å²) < 4.78 is 5.01. The number of hydrogen-bond acceptors (Lipinski definition) is 7. The number of hydrazone groups is 1. The number of benzene rings is 1. The maximum atomic E-state index is 11.0. The standard InChI is InChI=1S/C12H10N4O5/c1-8-5-10(14-13-7-9-3-2-4-21-9)12(16(19)20)6-11(8)15(17)18/h2-7,14H,1H3/b13-7-. The van der Waals surface area contributed by atoms with E-state index in [9.17, 15) is 20.2 Å². The number of nitro groups is 2. The number of nitrogens with one attached hydrogen (secondary N) is 1. The molecule has 0 amide bonds. The zero-order chi connectivity index (χ0) is 15.4. The van der Waals surface area contributed by atoms with E-state index in [-0.39, 0.29) is 11.4 Å². The van der Waals surface area contributed by atoms with E-state index >= 15 is 0 Å². The molecular formula is C12H10N4O5. The molecule has 9 nitrogen and oxygen atoms in total. The Morgan fingerprint density at radius 1 is 1.24 bits per heavy atom. The third-order valence-corrected chi connectivity index (χ3v) is 2.63. The number of furan rings is 1. The average molecular weight is 290 g/mol. The van der Waals surface area contributed by atoms with Crippen LogP contribution in [0.2, 0.25) is 0 Å². The fourth-order valence-electron chi connectivity index (χ4n) is 1.65. The van der Waals surface area contributed by atoms with Gasteiger partial charge in [0.25, 0.3) is 5.69 Å². The summed E-state index contributed by atoms with van der Waals surface area (Å²) in [5.41, 5.74) is 2.09. The van der Waals surface area contributed by atoms with Crippen molar-refractivity contribution in [3.63, 3.8) is 0 Å². The van der Waals surface area contributed by atoms with Crippen LogP contribution in [0.15, 0.2) is 40.0 Å². The third-order valence-electron chi connectivity index (χ3n) is 2.63. The summed E-state index contributed by atoms with van der Waals surface area (Å²) in [5, 5.41) is 25.6. The third kappa shape index (κ3) is 3.21. The van der Waals surface area contributed by atoms with E-state index in [0.29, 0.717) is 11.3 Å². The fraction of sp³-hybridized carbons (Fsp3) is 0.0833. The smallest absolute Gasteiger partial charge is 0.301 e. The van der Waals surface area contributed by atoms with E-state index in [2.05, 4.69) is 10.5 Å².